The third-order valence-electron chi connectivity index (χ3n) is 2.59. The van der Waals surface area contributed by atoms with Gasteiger partial charge in [0.25, 0.3) is 6.43 Å². The number of carbonyl (C=O) groups is 2. The van der Waals surface area contributed by atoms with Gasteiger partial charge in [0.15, 0.2) is 5.54 Å². The number of hydrogen-bond acceptors (Lipinski definition) is 6. The molecule has 8 heteroatoms. The maximum atomic E-state index is 12.9. The summed E-state index contributed by atoms with van der Waals surface area (Å²) in [7, 11) is 0. The average molecular weight is 296 g/mol. The van der Waals surface area contributed by atoms with Crippen LogP contribution in [0.25, 0.3) is 0 Å². The molecule has 0 spiro atoms. The van der Waals surface area contributed by atoms with Crippen molar-refractivity contribution in [2.24, 2.45) is 17.4 Å². The number of nitrogens with two attached hydrogens (primary N) is 2. The van der Waals surface area contributed by atoms with Gasteiger partial charge in [0.05, 0.1) is 5.92 Å². The number of ether oxygens (including phenoxy) is 2. The van der Waals surface area contributed by atoms with Crippen molar-refractivity contribution >= 4 is 11.9 Å². The van der Waals surface area contributed by atoms with Gasteiger partial charge in [-0.1, -0.05) is 13.8 Å². The third-order valence-corrected chi connectivity index (χ3v) is 2.59. The topological polar surface area (TPSA) is 105 Å². The second-order valence-corrected chi connectivity index (χ2v) is 4.80. The highest BCUT2D eigenvalue weighted by Crippen LogP contribution is 2.21. The maximum Gasteiger partial charge on any atom is 0.335 e. The Morgan fingerprint density at radius 3 is 2.15 bits per heavy atom. The molecule has 0 aromatic rings. The molecule has 0 aromatic carbocycles. The summed E-state index contributed by atoms with van der Waals surface area (Å²) in [6, 6.07) is 0. The maximum absolute atomic E-state index is 12.9. The molecule has 0 bridgehead atoms. The molecule has 6 nitrogen and oxygen atoms in total. The van der Waals surface area contributed by atoms with Crippen molar-refractivity contribution in [2.75, 3.05) is 6.54 Å². The first-order valence-electron chi connectivity index (χ1n) is 6.33. The Kier molecular flexibility index (Phi) is 7.59. The van der Waals surface area contributed by atoms with Gasteiger partial charge in [-0.3, -0.25) is 4.79 Å². The molecule has 0 fully saturated rings. The summed E-state index contributed by atoms with van der Waals surface area (Å²) in [5.74, 6) is -2.34. The number of halogens is 2. The van der Waals surface area contributed by atoms with Crippen LogP contribution < -0.4 is 11.5 Å². The second kappa shape index (κ2) is 8.11. The molecule has 0 rings (SSSR count). The van der Waals surface area contributed by atoms with E-state index < -0.39 is 36.1 Å². The van der Waals surface area contributed by atoms with Gasteiger partial charge in [-0.15, -0.1) is 0 Å². The molecule has 2 unspecified atom stereocenters. The molecule has 0 aliphatic heterocycles. The Morgan fingerprint density at radius 2 is 1.75 bits per heavy atom. The van der Waals surface area contributed by atoms with E-state index in [9.17, 15) is 18.4 Å². The Morgan fingerprint density at radius 1 is 1.20 bits per heavy atom. The first kappa shape index (κ1) is 18.7. The van der Waals surface area contributed by atoms with Crippen LogP contribution in [0.4, 0.5) is 8.78 Å². The van der Waals surface area contributed by atoms with Gasteiger partial charge in [0, 0.05) is 6.92 Å². The quantitative estimate of drug-likeness (QED) is 0.506. The summed E-state index contributed by atoms with van der Waals surface area (Å²) in [4.78, 5) is 23.0. The SMILES string of the molecule is CC(OC(=O)C(C)C)OC(=O)C(N)(CCCN)C(F)F. The Hall–Kier alpha value is -1.28. The summed E-state index contributed by atoms with van der Waals surface area (Å²) >= 11 is 0. The molecule has 20 heavy (non-hydrogen) atoms. The molecule has 0 aliphatic carbocycles. The lowest BCUT2D eigenvalue weighted by atomic mass is 9.95. The van der Waals surface area contributed by atoms with Crippen LogP contribution in [-0.4, -0.2) is 36.7 Å². The average Bonchev–Trinajstić information content (AvgIpc) is 2.34. The van der Waals surface area contributed by atoms with Crippen molar-refractivity contribution in [3.63, 3.8) is 0 Å². The number of esters is 2. The highest BCUT2D eigenvalue weighted by atomic mass is 19.3. The van der Waals surface area contributed by atoms with Crippen LogP contribution in [0.15, 0.2) is 0 Å². The van der Waals surface area contributed by atoms with Gasteiger partial charge in [0.1, 0.15) is 0 Å². The summed E-state index contributed by atoms with van der Waals surface area (Å²) in [5.41, 5.74) is 8.16. The van der Waals surface area contributed by atoms with Crippen LogP contribution in [0.3, 0.4) is 0 Å². The van der Waals surface area contributed by atoms with E-state index in [0.29, 0.717) is 0 Å². The molecule has 0 aliphatic rings. The first-order chi connectivity index (χ1) is 9.15. The molecule has 0 radical (unpaired) electrons. The Balaban J connectivity index is 4.64. The van der Waals surface area contributed by atoms with Crippen molar-refractivity contribution in [1.82, 2.24) is 0 Å². The van der Waals surface area contributed by atoms with E-state index in [1.54, 1.807) is 13.8 Å². The van der Waals surface area contributed by atoms with Crippen molar-refractivity contribution in [1.29, 1.82) is 0 Å². The fraction of sp³-hybridized carbons (Fsp3) is 0.833. The second-order valence-electron chi connectivity index (χ2n) is 4.80. The third kappa shape index (κ3) is 5.38. The Labute approximate surface area is 116 Å². The lowest BCUT2D eigenvalue weighted by Crippen LogP contribution is -2.56. The van der Waals surface area contributed by atoms with Gasteiger partial charge in [-0.2, -0.15) is 0 Å². The van der Waals surface area contributed by atoms with E-state index in [0.717, 1.165) is 0 Å². The zero-order valence-electron chi connectivity index (χ0n) is 11.9. The largest absolute Gasteiger partial charge is 0.425 e. The number of hydrogen-bond donors (Lipinski definition) is 2. The normalized spacial score (nSPS) is 15.8. The fourth-order valence-electron chi connectivity index (χ4n) is 1.28. The van der Waals surface area contributed by atoms with Crippen LogP contribution in [0.1, 0.15) is 33.6 Å². The van der Waals surface area contributed by atoms with E-state index in [-0.39, 0.29) is 19.4 Å². The van der Waals surface area contributed by atoms with E-state index in [2.05, 4.69) is 4.74 Å². The number of alkyl halides is 2. The number of carbonyl (C=O) groups excluding carboxylic acids is 2. The van der Waals surface area contributed by atoms with Crippen LogP contribution in [-0.2, 0) is 19.1 Å². The molecule has 118 valence electrons. The van der Waals surface area contributed by atoms with Crippen LogP contribution in [0.5, 0.6) is 0 Å². The van der Waals surface area contributed by atoms with E-state index in [1.807, 2.05) is 0 Å². The predicted molar refractivity (Wildman–Crippen MR) is 67.7 cm³/mol. The zero-order chi connectivity index (χ0) is 15.9. The van der Waals surface area contributed by atoms with E-state index >= 15 is 0 Å². The van der Waals surface area contributed by atoms with Gasteiger partial charge in [-0.25, -0.2) is 13.6 Å². The standard InChI is InChI=1S/C12H22F2N2O4/c1-7(2)9(17)19-8(3)20-11(18)12(16,10(13)14)5-4-6-15/h7-8,10H,4-6,15-16H2,1-3H3. The molecule has 4 N–H and O–H groups in total. The monoisotopic (exact) mass is 296 g/mol. The minimum atomic E-state index is -3.10. The predicted octanol–water partition coefficient (Wildman–Crippen LogP) is 0.776. The van der Waals surface area contributed by atoms with Crippen LogP contribution >= 0.6 is 0 Å². The minimum Gasteiger partial charge on any atom is -0.425 e. The smallest absolute Gasteiger partial charge is 0.335 e. The molecule has 0 aromatic heterocycles. The van der Waals surface area contributed by atoms with Crippen molar-refractivity contribution < 1.29 is 27.8 Å². The van der Waals surface area contributed by atoms with Crippen LogP contribution in [0.2, 0.25) is 0 Å². The lowest BCUT2D eigenvalue weighted by Gasteiger charge is -2.27. The molecule has 0 amide bonds. The van der Waals surface area contributed by atoms with E-state index in [4.69, 9.17) is 16.2 Å². The minimum absolute atomic E-state index is 0.122. The summed E-state index contributed by atoms with van der Waals surface area (Å²) in [6.07, 6.45) is -4.55. The molecule has 0 heterocycles. The van der Waals surface area contributed by atoms with Crippen molar-refractivity contribution in [3.8, 4) is 0 Å². The molecule has 0 saturated heterocycles. The van der Waals surface area contributed by atoms with Crippen molar-refractivity contribution in [3.05, 3.63) is 0 Å². The lowest BCUT2D eigenvalue weighted by molar-refractivity contribution is -0.194. The zero-order valence-corrected chi connectivity index (χ0v) is 11.9. The fourth-order valence-corrected chi connectivity index (χ4v) is 1.28. The van der Waals surface area contributed by atoms with Gasteiger partial charge in [0.2, 0.25) is 6.29 Å². The Bertz CT molecular complexity index is 339. The van der Waals surface area contributed by atoms with Gasteiger partial charge in [-0.05, 0) is 19.4 Å². The highest BCUT2D eigenvalue weighted by Gasteiger charge is 2.45. The summed E-state index contributed by atoms with van der Waals surface area (Å²) in [5, 5.41) is 0. The van der Waals surface area contributed by atoms with Crippen LogP contribution in [0, 0.1) is 5.92 Å². The summed E-state index contributed by atoms with van der Waals surface area (Å²) in [6.45, 7) is 4.55. The summed E-state index contributed by atoms with van der Waals surface area (Å²) < 4.78 is 35.3. The first-order valence-corrected chi connectivity index (χ1v) is 6.33. The molecular weight excluding hydrogens is 274 g/mol. The molecule has 0 saturated carbocycles. The van der Waals surface area contributed by atoms with Gasteiger partial charge >= 0.3 is 11.9 Å². The highest BCUT2D eigenvalue weighted by molar-refractivity contribution is 5.81. The van der Waals surface area contributed by atoms with Crippen molar-refractivity contribution in [2.45, 2.75) is 51.9 Å². The number of rotatable bonds is 8. The van der Waals surface area contributed by atoms with E-state index in [1.165, 1.54) is 6.92 Å². The molecular formula is C12H22F2N2O4. The molecule has 2 atom stereocenters. The van der Waals surface area contributed by atoms with Gasteiger partial charge < -0.3 is 20.9 Å².